The maximum Gasteiger partial charge on any atom is 0.277 e. The van der Waals surface area contributed by atoms with Crippen molar-refractivity contribution in [2.75, 3.05) is 18.0 Å². The SMILES string of the molecule is O=c1c2sc3nnc(-c4ccccc4)c(-c4ccccc4)c3c2nc(N2CCCCC2)n1-c1ccc([N+](=O)[O-])cc1. The molecule has 41 heavy (non-hydrogen) atoms. The average Bonchev–Trinajstić information content (AvgIpc) is 3.41. The van der Waals surface area contributed by atoms with E-state index in [0.29, 0.717) is 26.7 Å². The van der Waals surface area contributed by atoms with Gasteiger partial charge in [0.2, 0.25) is 5.95 Å². The Kier molecular flexibility index (Phi) is 6.24. The normalized spacial score (nSPS) is 13.6. The number of nitro benzene ring substituents is 1. The predicted octanol–water partition coefficient (Wildman–Crippen LogP) is 6.62. The molecule has 0 unspecified atom stereocenters. The van der Waals surface area contributed by atoms with Gasteiger partial charge in [-0.2, -0.15) is 0 Å². The van der Waals surface area contributed by atoms with E-state index < -0.39 is 4.92 Å². The summed E-state index contributed by atoms with van der Waals surface area (Å²) in [5.41, 5.74) is 4.37. The molecule has 1 aliphatic rings. The van der Waals surface area contributed by atoms with Crippen molar-refractivity contribution in [2.24, 2.45) is 0 Å². The zero-order chi connectivity index (χ0) is 27.9. The predicted molar refractivity (Wildman–Crippen MR) is 162 cm³/mol. The minimum Gasteiger partial charge on any atom is -0.342 e. The lowest BCUT2D eigenvalue weighted by Crippen LogP contribution is -2.35. The van der Waals surface area contributed by atoms with E-state index in [4.69, 9.17) is 4.98 Å². The molecule has 4 heterocycles. The number of rotatable bonds is 5. The number of piperidine rings is 1. The summed E-state index contributed by atoms with van der Waals surface area (Å²) in [6.45, 7) is 1.54. The van der Waals surface area contributed by atoms with Gasteiger partial charge in [0.05, 0.1) is 10.6 Å². The number of thiophene rings is 1. The van der Waals surface area contributed by atoms with Crippen molar-refractivity contribution >= 4 is 43.4 Å². The molecule has 1 fully saturated rings. The highest BCUT2D eigenvalue weighted by molar-refractivity contribution is 7.25. The molecule has 0 N–H and O–H groups in total. The third-order valence-corrected chi connectivity index (χ3v) is 8.52. The fraction of sp³-hybridized carbons (Fsp3) is 0.161. The van der Waals surface area contributed by atoms with Crippen molar-refractivity contribution in [2.45, 2.75) is 19.3 Å². The van der Waals surface area contributed by atoms with Crippen LogP contribution < -0.4 is 10.5 Å². The highest BCUT2D eigenvalue weighted by Crippen LogP contribution is 2.42. The Bertz CT molecular complexity index is 1970. The number of anilines is 1. The van der Waals surface area contributed by atoms with Gasteiger partial charge in [0, 0.05) is 41.7 Å². The number of nitrogens with zero attached hydrogens (tertiary/aromatic N) is 6. The highest BCUT2D eigenvalue weighted by Gasteiger charge is 2.26. The van der Waals surface area contributed by atoms with Gasteiger partial charge >= 0.3 is 0 Å². The van der Waals surface area contributed by atoms with Crippen LogP contribution in [0.25, 0.3) is 48.5 Å². The average molecular weight is 561 g/mol. The van der Waals surface area contributed by atoms with Crippen LogP contribution in [-0.2, 0) is 0 Å². The molecule has 1 saturated heterocycles. The fourth-order valence-corrected chi connectivity index (χ4v) is 6.51. The molecule has 1 aliphatic heterocycles. The number of hydrogen-bond donors (Lipinski definition) is 0. The van der Waals surface area contributed by atoms with E-state index in [-0.39, 0.29) is 11.2 Å². The van der Waals surface area contributed by atoms with Gasteiger partial charge in [-0.15, -0.1) is 21.5 Å². The lowest BCUT2D eigenvalue weighted by molar-refractivity contribution is -0.384. The van der Waals surface area contributed by atoms with E-state index in [9.17, 15) is 14.9 Å². The molecule has 6 aromatic rings. The van der Waals surface area contributed by atoms with Crippen LogP contribution in [0.4, 0.5) is 11.6 Å². The Hall–Kier alpha value is -4.96. The number of hydrogen-bond acceptors (Lipinski definition) is 8. The molecule has 10 heteroatoms. The van der Waals surface area contributed by atoms with Crippen LogP contribution in [0.3, 0.4) is 0 Å². The van der Waals surface area contributed by atoms with E-state index in [2.05, 4.69) is 15.1 Å². The maximum absolute atomic E-state index is 14.3. The van der Waals surface area contributed by atoms with Gasteiger partial charge in [-0.05, 0) is 37.0 Å². The smallest absolute Gasteiger partial charge is 0.277 e. The van der Waals surface area contributed by atoms with Crippen molar-refractivity contribution in [3.8, 4) is 28.1 Å². The summed E-state index contributed by atoms with van der Waals surface area (Å²) in [6.07, 6.45) is 3.12. The zero-order valence-corrected chi connectivity index (χ0v) is 22.8. The molecule has 0 aliphatic carbocycles. The van der Waals surface area contributed by atoms with Crippen molar-refractivity contribution in [1.29, 1.82) is 0 Å². The molecule has 3 aromatic heterocycles. The largest absolute Gasteiger partial charge is 0.342 e. The fourth-order valence-electron chi connectivity index (χ4n) is 5.51. The van der Waals surface area contributed by atoms with Gasteiger partial charge in [-0.1, -0.05) is 60.7 Å². The lowest BCUT2D eigenvalue weighted by Gasteiger charge is -2.29. The van der Waals surface area contributed by atoms with Crippen LogP contribution in [0.1, 0.15) is 19.3 Å². The van der Waals surface area contributed by atoms with E-state index in [0.717, 1.165) is 60.1 Å². The maximum atomic E-state index is 14.3. The number of non-ortho nitro benzene ring substituents is 1. The second-order valence-corrected chi connectivity index (χ2v) is 11.0. The first-order valence-electron chi connectivity index (χ1n) is 13.5. The van der Waals surface area contributed by atoms with E-state index in [1.807, 2.05) is 60.7 Å². The van der Waals surface area contributed by atoms with Gasteiger partial charge in [0.25, 0.3) is 11.2 Å². The van der Waals surface area contributed by atoms with Crippen molar-refractivity contribution in [3.63, 3.8) is 0 Å². The minimum absolute atomic E-state index is 0.0339. The lowest BCUT2D eigenvalue weighted by atomic mass is 9.97. The molecule has 0 spiro atoms. The summed E-state index contributed by atoms with van der Waals surface area (Å²) in [4.78, 5) is 33.1. The van der Waals surface area contributed by atoms with Gasteiger partial charge in [0.15, 0.2) is 0 Å². The molecule has 9 nitrogen and oxygen atoms in total. The van der Waals surface area contributed by atoms with Gasteiger partial charge in [-0.3, -0.25) is 14.9 Å². The Morgan fingerprint density at radius 3 is 2.12 bits per heavy atom. The molecular weight excluding hydrogens is 536 g/mol. The molecule has 0 saturated carbocycles. The van der Waals surface area contributed by atoms with Crippen LogP contribution in [0, 0.1) is 10.1 Å². The van der Waals surface area contributed by atoms with Crippen LogP contribution in [0.5, 0.6) is 0 Å². The first-order chi connectivity index (χ1) is 20.1. The minimum atomic E-state index is -0.445. The van der Waals surface area contributed by atoms with E-state index >= 15 is 0 Å². The highest BCUT2D eigenvalue weighted by atomic mass is 32.1. The zero-order valence-electron chi connectivity index (χ0n) is 21.9. The quantitative estimate of drug-likeness (QED) is 0.172. The van der Waals surface area contributed by atoms with E-state index in [1.54, 1.807) is 16.7 Å². The Labute approximate surface area is 238 Å². The summed E-state index contributed by atoms with van der Waals surface area (Å²) < 4.78 is 2.05. The molecule has 202 valence electrons. The number of benzene rings is 3. The summed E-state index contributed by atoms with van der Waals surface area (Å²) in [5.74, 6) is 0.535. The van der Waals surface area contributed by atoms with Crippen molar-refractivity contribution < 1.29 is 4.92 Å². The summed E-state index contributed by atoms with van der Waals surface area (Å²) in [7, 11) is 0. The topological polar surface area (TPSA) is 107 Å². The second kappa shape index (κ2) is 10.2. The van der Waals surface area contributed by atoms with Crippen molar-refractivity contribution in [1.82, 2.24) is 19.7 Å². The number of aromatic nitrogens is 4. The van der Waals surface area contributed by atoms with Crippen LogP contribution in [0.2, 0.25) is 0 Å². The summed E-state index contributed by atoms with van der Waals surface area (Å²) in [6, 6.07) is 26.0. The molecule has 7 rings (SSSR count). The third kappa shape index (κ3) is 4.33. The molecule has 0 radical (unpaired) electrons. The summed E-state index contributed by atoms with van der Waals surface area (Å²) in [5, 5.41) is 21.3. The monoisotopic (exact) mass is 560 g/mol. The Balaban J connectivity index is 1.57. The number of fused-ring (bicyclic) bond motifs is 3. The molecule has 3 aromatic carbocycles. The molecular formula is C31H24N6O3S. The van der Waals surface area contributed by atoms with Crippen LogP contribution in [0.15, 0.2) is 89.7 Å². The summed E-state index contributed by atoms with van der Waals surface area (Å²) >= 11 is 1.28. The second-order valence-electron chi connectivity index (χ2n) is 9.99. The van der Waals surface area contributed by atoms with Crippen molar-refractivity contribution in [3.05, 3.63) is 105 Å². The molecule has 0 amide bonds. The molecule has 0 bridgehead atoms. The standard InChI is InChI=1S/C31H24N6O3S/c38-30-28-27(32-31(35-18-8-3-9-19-35)36(30)22-14-16-23(17-15-22)37(39)40)25-24(20-10-4-1-5-11-20)26(33-34-29(25)41-28)21-12-6-2-7-13-21/h1-2,4-7,10-17H,3,8-9,18-19H2. The van der Waals surface area contributed by atoms with Gasteiger partial charge in [-0.25, -0.2) is 9.55 Å². The van der Waals surface area contributed by atoms with Crippen LogP contribution >= 0.6 is 11.3 Å². The molecule has 0 atom stereocenters. The Morgan fingerprint density at radius 1 is 0.805 bits per heavy atom. The Morgan fingerprint density at radius 2 is 1.46 bits per heavy atom. The van der Waals surface area contributed by atoms with Gasteiger partial charge < -0.3 is 4.90 Å². The number of nitro groups is 1. The third-order valence-electron chi connectivity index (χ3n) is 7.47. The first kappa shape index (κ1) is 25.0. The van der Waals surface area contributed by atoms with Gasteiger partial charge in [0.1, 0.15) is 20.7 Å². The van der Waals surface area contributed by atoms with Crippen LogP contribution in [-0.4, -0.2) is 37.8 Å². The first-order valence-corrected chi connectivity index (χ1v) is 14.3. The van der Waals surface area contributed by atoms with E-state index in [1.165, 1.54) is 23.5 Å².